The molecule has 0 unspecified atom stereocenters. The molecule has 0 radical (unpaired) electrons. The van der Waals surface area contributed by atoms with Crippen LogP contribution in [0.1, 0.15) is 11.1 Å². The Labute approximate surface area is 129 Å². The van der Waals surface area contributed by atoms with Gasteiger partial charge in [0.05, 0.1) is 15.5 Å². The molecule has 20 heavy (non-hydrogen) atoms. The van der Waals surface area contributed by atoms with Gasteiger partial charge in [0.2, 0.25) is 0 Å². The fraction of sp³-hybridized carbons (Fsp3) is 0.143. The van der Waals surface area contributed by atoms with E-state index in [0.29, 0.717) is 16.3 Å². The molecule has 0 aliphatic carbocycles. The van der Waals surface area contributed by atoms with Gasteiger partial charge in [0, 0.05) is 10.5 Å². The van der Waals surface area contributed by atoms with E-state index in [0.717, 1.165) is 10.0 Å². The standard InChI is InChI=1S/C14H11BrClNO3/c1-9-5-6-10(15)7-14(9)20-8-11-12(16)3-2-4-13(11)17(18)19/h2-7H,8H2,1H3. The molecule has 0 bridgehead atoms. The summed E-state index contributed by atoms with van der Waals surface area (Å²) in [4.78, 5) is 10.5. The smallest absolute Gasteiger partial charge is 0.277 e. The van der Waals surface area contributed by atoms with Crippen molar-refractivity contribution in [1.29, 1.82) is 0 Å². The first-order valence-corrected chi connectivity index (χ1v) is 6.97. The number of hydrogen-bond donors (Lipinski definition) is 0. The minimum Gasteiger partial charge on any atom is -0.488 e. The van der Waals surface area contributed by atoms with Crippen LogP contribution in [0.5, 0.6) is 5.75 Å². The maximum Gasteiger partial charge on any atom is 0.277 e. The third-order valence-corrected chi connectivity index (χ3v) is 3.66. The number of aryl methyl sites for hydroxylation is 1. The number of halogens is 2. The zero-order valence-electron chi connectivity index (χ0n) is 10.6. The lowest BCUT2D eigenvalue weighted by Crippen LogP contribution is -2.02. The lowest BCUT2D eigenvalue weighted by molar-refractivity contribution is -0.385. The summed E-state index contributed by atoms with van der Waals surface area (Å²) in [5.41, 5.74) is 1.28. The molecule has 0 saturated heterocycles. The van der Waals surface area contributed by atoms with Crippen LogP contribution < -0.4 is 4.74 Å². The molecule has 6 heteroatoms. The zero-order valence-corrected chi connectivity index (χ0v) is 12.9. The molecule has 0 N–H and O–H groups in total. The average molecular weight is 357 g/mol. The summed E-state index contributed by atoms with van der Waals surface area (Å²) in [7, 11) is 0. The normalized spacial score (nSPS) is 10.3. The quantitative estimate of drug-likeness (QED) is 0.578. The SMILES string of the molecule is Cc1ccc(Br)cc1OCc1c(Cl)cccc1[N+](=O)[O-]. The molecule has 4 nitrogen and oxygen atoms in total. The second kappa shape index (κ2) is 6.24. The molecule has 0 aliphatic heterocycles. The van der Waals surface area contributed by atoms with E-state index < -0.39 is 4.92 Å². The summed E-state index contributed by atoms with van der Waals surface area (Å²) in [6.07, 6.45) is 0. The van der Waals surface area contributed by atoms with Crippen molar-refractivity contribution in [3.8, 4) is 5.75 Å². The highest BCUT2D eigenvalue weighted by Crippen LogP contribution is 2.29. The predicted molar refractivity (Wildman–Crippen MR) is 81.3 cm³/mol. The van der Waals surface area contributed by atoms with Crippen LogP contribution in [-0.2, 0) is 6.61 Å². The molecule has 0 spiro atoms. The van der Waals surface area contributed by atoms with Crippen LogP contribution in [0, 0.1) is 17.0 Å². The van der Waals surface area contributed by atoms with E-state index >= 15 is 0 Å². The molecule has 0 amide bonds. The molecule has 104 valence electrons. The molecule has 0 saturated carbocycles. The minimum atomic E-state index is -0.460. The molecule has 2 aromatic carbocycles. The lowest BCUT2D eigenvalue weighted by Gasteiger charge is -2.11. The topological polar surface area (TPSA) is 52.4 Å². The van der Waals surface area contributed by atoms with E-state index in [1.807, 2.05) is 25.1 Å². The molecular weight excluding hydrogens is 346 g/mol. The van der Waals surface area contributed by atoms with Gasteiger partial charge in [-0.3, -0.25) is 10.1 Å². The average Bonchev–Trinajstić information content (AvgIpc) is 2.40. The lowest BCUT2D eigenvalue weighted by atomic mass is 10.2. The van der Waals surface area contributed by atoms with Crippen molar-refractivity contribution in [2.24, 2.45) is 0 Å². The first-order chi connectivity index (χ1) is 9.49. The van der Waals surface area contributed by atoms with Crippen LogP contribution in [0.4, 0.5) is 5.69 Å². The van der Waals surface area contributed by atoms with Gasteiger partial charge in [0.15, 0.2) is 0 Å². The second-order valence-electron chi connectivity index (χ2n) is 4.19. The van der Waals surface area contributed by atoms with E-state index in [1.54, 1.807) is 12.1 Å². The fourth-order valence-corrected chi connectivity index (χ4v) is 2.30. The highest BCUT2D eigenvalue weighted by molar-refractivity contribution is 9.10. The van der Waals surface area contributed by atoms with E-state index in [1.165, 1.54) is 6.07 Å². The van der Waals surface area contributed by atoms with E-state index in [2.05, 4.69) is 15.9 Å². The van der Waals surface area contributed by atoms with Crippen LogP contribution in [0.15, 0.2) is 40.9 Å². The summed E-state index contributed by atoms with van der Waals surface area (Å²) in [5, 5.41) is 11.3. The maximum atomic E-state index is 11.0. The Kier molecular flexibility index (Phi) is 4.62. The second-order valence-corrected chi connectivity index (χ2v) is 5.52. The van der Waals surface area contributed by atoms with Gasteiger partial charge in [-0.05, 0) is 30.7 Å². The Hall–Kier alpha value is -1.59. The molecule has 0 fully saturated rings. The van der Waals surface area contributed by atoms with Crippen LogP contribution in [0.25, 0.3) is 0 Å². The van der Waals surface area contributed by atoms with Crippen molar-refractivity contribution in [2.45, 2.75) is 13.5 Å². The van der Waals surface area contributed by atoms with Gasteiger partial charge in [-0.2, -0.15) is 0 Å². The van der Waals surface area contributed by atoms with Crippen molar-refractivity contribution < 1.29 is 9.66 Å². The van der Waals surface area contributed by atoms with Gasteiger partial charge in [0.25, 0.3) is 5.69 Å². The van der Waals surface area contributed by atoms with E-state index in [-0.39, 0.29) is 12.3 Å². The first-order valence-electron chi connectivity index (χ1n) is 5.80. The number of benzene rings is 2. The largest absolute Gasteiger partial charge is 0.488 e. The third kappa shape index (κ3) is 3.29. The van der Waals surface area contributed by atoms with Crippen LogP contribution in [0.3, 0.4) is 0 Å². The van der Waals surface area contributed by atoms with Crippen molar-refractivity contribution in [1.82, 2.24) is 0 Å². The van der Waals surface area contributed by atoms with Crippen molar-refractivity contribution >= 4 is 33.2 Å². The number of nitro groups is 1. The van der Waals surface area contributed by atoms with Crippen LogP contribution >= 0.6 is 27.5 Å². The summed E-state index contributed by atoms with van der Waals surface area (Å²) in [6.45, 7) is 1.95. The summed E-state index contributed by atoms with van der Waals surface area (Å²) >= 11 is 9.38. The number of nitro benzene ring substituents is 1. The zero-order chi connectivity index (χ0) is 14.7. The fourth-order valence-electron chi connectivity index (χ4n) is 1.74. The van der Waals surface area contributed by atoms with Crippen molar-refractivity contribution in [3.63, 3.8) is 0 Å². The Morgan fingerprint density at radius 2 is 2.10 bits per heavy atom. The van der Waals surface area contributed by atoms with Gasteiger partial charge >= 0.3 is 0 Å². The highest BCUT2D eigenvalue weighted by Gasteiger charge is 2.17. The number of ether oxygens (including phenoxy) is 1. The van der Waals surface area contributed by atoms with Crippen LogP contribution in [-0.4, -0.2) is 4.92 Å². The molecule has 0 aromatic heterocycles. The molecule has 0 heterocycles. The molecule has 0 atom stereocenters. The van der Waals surface area contributed by atoms with Gasteiger partial charge in [-0.25, -0.2) is 0 Å². The Bertz CT molecular complexity index is 661. The molecule has 2 rings (SSSR count). The van der Waals surface area contributed by atoms with E-state index in [9.17, 15) is 10.1 Å². The first kappa shape index (κ1) is 14.8. The number of rotatable bonds is 4. The van der Waals surface area contributed by atoms with Gasteiger partial charge < -0.3 is 4.74 Å². The maximum absolute atomic E-state index is 11.0. The Morgan fingerprint density at radius 1 is 1.35 bits per heavy atom. The Morgan fingerprint density at radius 3 is 2.80 bits per heavy atom. The van der Waals surface area contributed by atoms with Crippen LogP contribution in [0.2, 0.25) is 5.02 Å². The molecule has 0 aliphatic rings. The summed E-state index contributed by atoms with van der Waals surface area (Å²) in [5.74, 6) is 0.661. The van der Waals surface area contributed by atoms with Crippen molar-refractivity contribution in [3.05, 3.63) is 67.1 Å². The minimum absolute atomic E-state index is 0.0369. The number of nitrogens with zero attached hydrogens (tertiary/aromatic N) is 1. The summed E-state index contributed by atoms with van der Waals surface area (Å²) in [6, 6.07) is 10.2. The highest BCUT2D eigenvalue weighted by atomic mass is 79.9. The number of hydrogen-bond acceptors (Lipinski definition) is 3. The predicted octanol–water partition coefficient (Wildman–Crippen LogP) is 4.90. The molecular formula is C14H11BrClNO3. The van der Waals surface area contributed by atoms with Gasteiger partial charge in [-0.15, -0.1) is 0 Å². The van der Waals surface area contributed by atoms with Gasteiger partial charge in [-0.1, -0.05) is 39.7 Å². The van der Waals surface area contributed by atoms with Crippen molar-refractivity contribution in [2.75, 3.05) is 0 Å². The van der Waals surface area contributed by atoms with E-state index in [4.69, 9.17) is 16.3 Å². The third-order valence-electron chi connectivity index (χ3n) is 2.81. The Balaban J connectivity index is 2.27. The summed E-state index contributed by atoms with van der Waals surface area (Å²) < 4.78 is 6.54. The molecule has 2 aromatic rings. The van der Waals surface area contributed by atoms with Gasteiger partial charge in [0.1, 0.15) is 12.4 Å². The monoisotopic (exact) mass is 355 g/mol.